The predicted molar refractivity (Wildman–Crippen MR) is 68.1 cm³/mol. The first-order valence-corrected chi connectivity index (χ1v) is 6.77. The van der Waals surface area contributed by atoms with Crippen LogP contribution in [0.4, 0.5) is 0 Å². The summed E-state index contributed by atoms with van der Waals surface area (Å²) in [6.07, 6.45) is 7.43. The highest BCUT2D eigenvalue weighted by Crippen LogP contribution is 2.26. The Morgan fingerprint density at radius 3 is 2.88 bits per heavy atom. The zero-order valence-corrected chi connectivity index (χ0v) is 11.2. The van der Waals surface area contributed by atoms with E-state index in [-0.39, 0.29) is 0 Å². The molecular formula is C13H18BrNO. The summed E-state index contributed by atoms with van der Waals surface area (Å²) in [4.78, 5) is 4.32. The average Bonchev–Trinajstić information content (AvgIpc) is 2.30. The topological polar surface area (TPSA) is 22.1 Å². The standard InChI is InChI=1S/C13H18BrNO/c1-10-4-2-3-5-13(10)16-9-12-7-6-11(14)8-15-12/h6-8,10,13H,2-5,9H2,1H3. The van der Waals surface area contributed by atoms with Crippen molar-refractivity contribution in [3.05, 3.63) is 28.5 Å². The van der Waals surface area contributed by atoms with Crippen molar-refractivity contribution in [3.8, 4) is 0 Å². The molecular weight excluding hydrogens is 266 g/mol. The number of halogens is 1. The number of pyridine rings is 1. The fourth-order valence-electron chi connectivity index (χ4n) is 2.21. The second kappa shape index (κ2) is 5.78. The molecule has 2 atom stereocenters. The van der Waals surface area contributed by atoms with E-state index in [1.54, 1.807) is 0 Å². The first-order chi connectivity index (χ1) is 7.75. The molecule has 2 unspecified atom stereocenters. The smallest absolute Gasteiger partial charge is 0.0891 e. The van der Waals surface area contributed by atoms with E-state index in [0.29, 0.717) is 18.6 Å². The van der Waals surface area contributed by atoms with Crippen molar-refractivity contribution in [3.63, 3.8) is 0 Å². The van der Waals surface area contributed by atoms with Crippen LogP contribution in [-0.4, -0.2) is 11.1 Å². The number of aromatic nitrogens is 1. The number of rotatable bonds is 3. The van der Waals surface area contributed by atoms with Gasteiger partial charge in [0, 0.05) is 10.7 Å². The minimum atomic E-state index is 0.430. The van der Waals surface area contributed by atoms with Gasteiger partial charge < -0.3 is 4.74 Å². The summed E-state index contributed by atoms with van der Waals surface area (Å²) in [5.74, 6) is 0.698. The van der Waals surface area contributed by atoms with Crippen LogP contribution in [-0.2, 0) is 11.3 Å². The Labute approximate surface area is 106 Å². The van der Waals surface area contributed by atoms with Gasteiger partial charge in [-0.1, -0.05) is 19.8 Å². The lowest BCUT2D eigenvalue weighted by Gasteiger charge is -2.28. The minimum Gasteiger partial charge on any atom is -0.372 e. The Morgan fingerprint density at radius 2 is 2.19 bits per heavy atom. The van der Waals surface area contributed by atoms with Gasteiger partial charge in [-0.3, -0.25) is 4.98 Å². The zero-order valence-electron chi connectivity index (χ0n) is 9.66. The van der Waals surface area contributed by atoms with Crippen molar-refractivity contribution in [1.82, 2.24) is 4.98 Å². The molecule has 0 spiro atoms. The predicted octanol–water partition coefficient (Wildman–Crippen LogP) is 3.94. The Hall–Kier alpha value is -0.410. The van der Waals surface area contributed by atoms with Crippen LogP contribution in [0.25, 0.3) is 0 Å². The van der Waals surface area contributed by atoms with Gasteiger partial charge in [0.2, 0.25) is 0 Å². The van der Waals surface area contributed by atoms with Crippen molar-refractivity contribution >= 4 is 15.9 Å². The number of nitrogens with zero attached hydrogens (tertiary/aromatic N) is 1. The Balaban J connectivity index is 1.84. The molecule has 0 aliphatic heterocycles. The van der Waals surface area contributed by atoms with Crippen molar-refractivity contribution in [1.29, 1.82) is 0 Å². The van der Waals surface area contributed by atoms with E-state index >= 15 is 0 Å². The summed E-state index contributed by atoms with van der Waals surface area (Å²) in [6, 6.07) is 4.02. The average molecular weight is 284 g/mol. The lowest BCUT2D eigenvalue weighted by Crippen LogP contribution is -2.25. The molecule has 0 aromatic carbocycles. The third-order valence-corrected chi connectivity index (χ3v) is 3.74. The second-order valence-electron chi connectivity index (χ2n) is 4.58. The molecule has 2 nitrogen and oxygen atoms in total. The molecule has 0 bridgehead atoms. The molecule has 0 radical (unpaired) electrons. The molecule has 1 heterocycles. The van der Waals surface area contributed by atoms with Crippen LogP contribution in [0, 0.1) is 5.92 Å². The molecule has 1 aromatic heterocycles. The maximum Gasteiger partial charge on any atom is 0.0891 e. The van der Waals surface area contributed by atoms with Gasteiger partial charge in [0.05, 0.1) is 18.4 Å². The van der Waals surface area contributed by atoms with Crippen molar-refractivity contribution in [2.24, 2.45) is 5.92 Å². The Kier molecular flexibility index (Phi) is 4.36. The highest BCUT2D eigenvalue weighted by atomic mass is 79.9. The monoisotopic (exact) mass is 283 g/mol. The molecule has 16 heavy (non-hydrogen) atoms. The van der Waals surface area contributed by atoms with Gasteiger partial charge in [0.1, 0.15) is 0 Å². The molecule has 0 amide bonds. The fourth-order valence-corrected chi connectivity index (χ4v) is 2.45. The van der Waals surface area contributed by atoms with Crippen molar-refractivity contribution in [2.75, 3.05) is 0 Å². The second-order valence-corrected chi connectivity index (χ2v) is 5.49. The largest absolute Gasteiger partial charge is 0.372 e. The molecule has 0 saturated heterocycles. The van der Waals surface area contributed by atoms with E-state index in [1.165, 1.54) is 25.7 Å². The quantitative estimate of drug-likeness (QED) is 0.838. The van der Waals surface area contributed by atoms with Crippen LogP contribution in [0.15, 0.2) is 22.8 Å². The molecule has 3 heteroatoms. The number of hydrogen-bond acceptors (Lipinski definition) is 2. The molecule has 2 rings (SSSR count). The summed E-state index contributed by atoms with van der Waals surface area (Å²) in [5.41, 5.74) is 1.01. The van der Waals surface area contributed by atoms with Gasteiger partial charge in [-0.25, -0.2) is 0 Å². The number of ether oxygens (including phenoxy) is 1. The Morgan fingerprint density at radius 1 is 1.38 bits per heavy atom. The van der Waals surface area contributed by atoms with E-state index in [1.807, 2.05) is 18.3 Å². The van der Waals surface area contributed by atoms with E-state index in [4.69, 9.17) is 4.74 Å². The van der Waals surface area contributed by atoms with Crippen LogP contribution in [0.1, 0.15) is 38.3 Å². The zero-order chi connectivity index (χ0) is 11.4. The molecule has 1 aliphatic rings. The fraction of sp³-hybridized carbons (Fsp3) is 0.615. The van der Waals surface area contributed by atoms with E-state index in [2.05, 4.69) is 27.8 Å². The van der Waals surface area contributed by atoms with Crippen LogP contribution < -0.4 is 0 Å². The molecule has 1 aromatic rings. The summed E-state index contributed by atoms with van der Waals surface area (Å²) >= 11 is 3.38. The van der Waals surface area contributed by atoms with Gasteiger partial charge in [-0.05, 0) is 46.8 Å². The van der Waals surface area contributed by atoms with Gasteiger partial charge in [-0.15, -0.1) is 0 Å². The van der Waals surface area contributed by atoms with Crippen LogP contribution in [0.5, 0.6) is 0 Å². The maximum atomic E-state index is 5.94. The first kappa shape index (κ1) is 12.1. The summed E-state index contributed by atoms with van der Waals surface area (Å²) in [6.45, 7) is 2.93. The summed E-state index contributed by atoms with van der Waals surface area (Å²) in [5, 5.41) is 0. The molecule has 0 N–H and O–H groups in total. The first-order valence-electron chi connectivity index (χ1n) is 5.98. The van der Waals surface area contributed by atoms with Gasteiger partial charge in [0.15, 0.2) is 0 Å². The summed E-state index contributed by atoms with van der Waals surface area (Å²) in [7, 11) is 0. The van der Waals surface area contributed by atoms with E-state index < -0.39 is 0 Å². The molecule has 1 aliphatic carbocycles. The van der Waals surface area contributed by atoms with Crippen LogP contribution in [0.2, 0.25) is 0 Å². The third-order valence-electron chi connectivity index (χ3n) is 3.27. The minimum absolute atomic E-state index is 0.430. The molecule has 1 saturated carbocycles. The van der Waals surface area contributed by atoms with Gasteiger partial charge in [0.25, 0.3) is 0 Å². The normalized spacial score (nSPS) is 25.6. The third kappa shape index (κ3) is 3.29. The SMILES string of the molecule is CC1CCCCC1OCc1ccc(Br)cn1. The van der Waals surface area contributed by atoms with Gasteiger partial charge in [-0.2, -0.15) is 0 Å². The van der Waals surface area contributed by atoms with Crippen LogP contribution >= 0.6 is 15.9 Å². The van der Waals surface area contributed by atoms with E-state index in [0.717, 1.165) is 10.2 Å². The van der Waals surface area contributed by atoms with Gasteiger partial charge >= 0.3 is 0 Å². The lowest BCUT2D eigenvalue weighted by atomic mass is 9.88. The van der Waals surface area contributed by atoms with E-state index in [9.17, 15) is 0 Å². The molecule has 1 fully saturated rings. The highest BCUT2D eigenvalue weighted by Gasteiger charge is 2.21. The van der Waals surface area contributed by atoms with Crippen LogP contribution in [0.3, 0.4) is 0 Å². The van der Waals surface area contributed by atoms with Crippen molar-refractivity contribution in [2.45, 2.75) is 45.3 Å². The van der Waals surface area contributed by atoms with Crippen molar-refractivity contribution < 1.29 is 4.74 Å². The Bertz CT molecular complexity index is 325. The number of hydrogen-bond donors (Lipinski definition) is 0. The lowest BCUT2D eigenvalue weighted by molar-refractivity contribution is -0.0167. The molecule has 88 valence electrons. The highest BCUT2D eigenvalue weighted by molar-refractivity contribution is 9.10. The maximum absolute atomic E-state index is 5.94. The summed E-state index contributed by atoms with van der Waals surface area (Å²) < 4.78 is 6.96.